The number of carbonyl (C=O) groups is 1. The molecule has 1 atom stereocenters. The average Bonchev–Trinajstić information content (AvgIpc) is 3.28. The van der Waals surface area contributed by atoms with E-state index in [0.717, 1.165) is 42.8 Å². The summed E-state index contributed by atoms with van der Waals surface area (Å²) in [4.78, 5) is 18.1. The predicted molar refractivity (Wildman–Crippen MR) is 101 cm³/mol. The number of hydrogen-bond acceptors (Lipinski definition) is 3. The van der Waals surface area contributed by atoms with Crippen LogP contribution >= 0.6 is 0 Å². The van der Waals surface area contributed by atoms with Crippen LogP contribution in [-0.2, 0) is 4.79 Å². The quantitative estimate of drug-likeness (QED) is 0.747. The number of fused-ring (bicyclic) bond motifs is 2. The smallest absolute Gasteiger partial charge is 0.226 e. The molecule has 0 aliphatic carbocycles. The van der Waals surface area contributed by atoms with E-state index in [-0.39, 0.29) is 11.8 Å². The number of aromatic nitrogens is 3. The van der Waals surface area contributed by atoms with Crippen molar-refractivity contribution in [2.75, 3.05) is 25.5 Å². The molecule has 0 spiro atoms. The van der Waals surface area contributed by atoms with Gasteiger partial charge in [0.15, 0.2) is 0 Å². The van der Waals surface area contributed by atoms with E-state index in [1.54, 1.807) is 0 Å². The SMILES string of the molecule is CN1CCC(n2ncc3c2NC(=O)CC3c2cccc3[nH]ccc23)CC1. The van der Waals surface area contributed by atoms with Crippen LogP contribution in [0.4, 0.5) is 5.82 Å². The lowest BCUT2D eigenvalue weighted by Gasteiger charge is -2.31. The zero-order chi connectivity index (χ0) is 17.7. The van der Waals surface area contributed by atoms with Crippen LogP contribution < -0.4 is 5.32 Å². The van der Waals surface area contributed by atoms with Crippen LogP contribution in [0.3, 0.4) is 0 Å². The molecule has 0 radical (unpaired) electrons. The minimum absolute atomic E-state index is 0.0539. The second-order valence-corrected chi connectivity index (χ2v) is 7.52. The number of benzene rings is 1. The van der Waals surface area contributed by atoms with Gasteiger partial charge < -0.3 is 15.2 Å². The second kappa shape index (κ2) is 5.99. The van der Waals surface area contributed by atoms with Gasteiger partial charge in [-0.25, -0.2) is 4.68 Å². The third-order valence-corrected chi connectivity index (χ3v) is 5.88. The van der Waals surface area contributed by atoms with Crippen molar-refractivity contribution in [3.8, 4) is 0 Å². The van der Waals surface area contributed by atoms with Gasteiger partial charge in [0, 0.05) is 35.0 Å². The molecule has 1 aromatic carbocycles. The maximum absolute atomic E-state index is 12.5. The van der Waals surface area contributed by atoms with Crippen molar-refractivity contribution in [2.24, 2.45) is 0 Å². The third kappa shape index (κ3) is 2.44. The highest BCUT2D eigenvalue weighted by molar-refractivity contribution is 5.95. The van der Waals surface area contributed by atoms with Gasteiger partial charge in [-0.3, -0.25) is 4.79 Å². The van der Waals surface area contributed by atoms with Gasteiger partial charge in [0.1, 0.15) is 5.82 Å². The van der Waals surface area contributed by atoms with E-state index in [0.29, 0.717) is 12.5 Å². The van der Waals surface area contributed by atoms with Gasteiger partial charge in [-0.1, -0.05) is 12.1 Å². The second-order valence-electron chi connectivity index (χ2n) is 7.52. The molecule has 26 heavy (non-hydrogen) atoms. The number of H-pyrrole nitrogens is 1. The maximum atomic E-state index is 12.5. The van der Waals surface area contributed by atoms with Gasteiger partial charge in [0.2, 0.25) is 5.91 Å². The summed E-state index contributed by atoms with van der Waals surface area (Å²) in [6.07, 6.45) is 6.52. The first-order valence-corrected chi connectivity index (χ1v) is 9.32. The van der Waals surface area contributed by atoms with E-state index in [2.05, 4.69) is 51.2 Å². The summed E-state index contributed by atoms with van der Waals surface area (Å²) in [5.41, 5.74) is 3.44. The molecule has 3 aromatic rings. The Hall–Kier alpha value is -2.60. The number of amides is 1. The fraction of sp³-hybridized carbons (Fsp3) is 0.400. The van der Waals surface area contributed by atoms with Crippen molar-refractivity contribution < 1.29 is 4.79 Å². The van der Waals surface area contributed by atoms with Gasteiger partial charge in [0.25, 0.3) is 0 Å². The molecule has 6 heteroatoms. The summed E-state index contributed by atoms with van der Waals surface area (Å²) in [5.74, 6) is 1.02. The molecule has 2 N–H and O–H groups in total. The van der Waals surface area contributed by atoms with Crippen LogP contribution in [0.5, 0.6) is 0 Å². The summed E-state index contributed by atoms with van der Waals surface area (Å²) in [5, 5.41) is 8.98. The fourth-order valence-electron chi connectivity index (χ4n) is 4.45. The Morgan fingerprint density at radius 1 is 1.15 bits per heavy atom. The van der Waals surface area contributed by atoms with Crippen molar-refractivity contribution in [3.63, 3.8) is 0 Å². The number of likely N-dealkylation sites (tertiary alicyclic amines) is 1. The van der Waals surface area contributed by atoms with Crippen LogP contribution in [0.15, 0.2) is 36.7 Å². The van der Waals surface area contributed by atoms with Crippen molar-refractivity contribution >= 4 is 22.6 Å². The molecule has 5 rings (SSSR count). The summed E-state index contributed by atoms with van der Waals surface area (Å²) in [7, 11) is 2.16. The number of piperidine rings is 1. The maximum Gasteiger partial charge on any atom is 0.226 e. The highest BCUT2D eigenvalue weighted by Gasteiger charge is 2.33. The summed E-state index contributed by atoms with van der Waals surface area (Å²) < 4.78 is 2.06. The highest BCUT2D eigenvalue weighted by Crippen LogP contribution is 2.41. The number of anilines is 1. The Labute approximate surface area is 152 Å². The van der Waals surface area contributed by atoms with Crippen LogP contribution in [0.2, 0.25) is 0 Å². The molecule has 1 amide bonds. The Bertz CT molecular complexity index is 964. The molecule has 2 aliphatic heterocycles. The van der Waals surface area contributed by atoms with Gasteiger partial charge in [-0.15, -0.1) is 0 Å². The molecule has 2 aliphatic rings. The van der Waals surface area contributed by atoms with Crippen LogP contribution in [-0.4, -0.2) is 45.7 Å². The van der Waals surface area contributed by atoms with Crippen molar-refractivity contribution in [2.45, 2.75) is 31.2 Å². The minimum atomic E-state index is 0.0539. The number of hydrogen-bond donors (Lipinski definition) is 2. The van der Waals surface area contributed by atoms with Gasteiger partial charge in [0.05, 0.1) is 12.2 Å². The zero-order valence-electron chi connectivity index (χ0n) is 14.9. The largest absolute Gasteiger partial charge is 0.361 e. The van der Waals surface area contributed by atoms with Gasteiger partial charge >= 0.3 is 0 Å². The first-order valence-electron chi connectivity index (χ1n) is 9.32. The Morgan fingerprint density at radius 2 is 2.00 bits per heavy atom. The van der Waals surface area contributed by atoms with E-state index < -0.39 is 0 Å². The van der Waals surface area contributed by atoms with E-state index in [9.17, 15) is 4.79 Å². The molecular formula is C20H23N5O. The summed E-state index contributed by atoms with van der Waals surface area (Å²) in [6.45, 7) is 2.14. The molecule has 0 saturated carbocycles. The molecule has 1 unspecified atom stereocenters. The van der Waals surface area contributed by atoms with Crippen molar-refractivity contribution in [1.29, 1.82) is 0 Å². The lowest BCUT2D eigenvalue weighted by Crippen LogP contribution is -2.33. The fourth-order valence-corrected chi connectivity index (χ4v) is 4.45. The molecule has 1 fully saturated rings. The first kappa shape index (κ1) is 15.6. The normalized spacial score (nSPS) is 21.7. The number of nitrogens with zero attached hydrogens (tertiary/aromatic N) is 3. The van der Waals surface area contributed by atoms with E-state index in [4.69, 9.17) is 5.10 Å². The van der Waals surface area contributed by atoms with Crippen molar-refractivity contribution in [3.05, 3.63) is 47.8 Å². The summed E-state index contributed by atoms with van der Waals surface area (Å²) in [6, 6.07) is 8.72. The van der Waals surface area contributed by atoms with E-state index in [1.807, 2.05) is 12.4 Å². The van der Waals surface area contributed by atoms with E-state index in [1.165, 1.54) is 10.9 Å². The lowest BCUT2D eigenvalue weighted by atomic mass is 9.85. The number of nitrogens with one attached hydrogen (secondary N) is 2. The molecule has 0 bridgehead atoms. The molecular weight excluding hydrogens is 326 g/mol. The van der Waals surface area contributed by atoms with Gasteiger partial charge in [-0.05, 0) is 50.7 Å². The lowest BCUT2D eigenvalue weighted by molar-refractivity contribution is -0.116. The van der Waals surface area contributed by atoms with Crippen LogP contribution in [0.25, 0.3) is 10.9 Å². The number of aromatic amines is 1. The average molecular weight is 349 g/mol. The molecule has 1 saturated heterocycles. The molecule has 6 nitrogen and oxygen atoms in total. The highest BCUT2D eigenvalue weighted by atomic mass is 16.1. The zero-order valence-corrected chi connectivity index (χ0v) is 14.9. The monoisotopic (exact) mass is 349 g/mol. The van der Waals surface area contributed by atoms with Gasteiger partial charge in [-0.2, -0.15) is 5.10 Å². The molecule has 2 aromatic heterocycles. The molecule has 134 valence electrons. The topological polar surface area (TPSA) is 66.0 Å². The van der Waals surface area contributed by atoms with E-state index >= 15 is 0 Å². The number of carbonyl (C=O) groups excluding carboxylic acids is 1. The minimum Gasteiger partial charge on any atom is -0.361 e. The van der Waals surface area contributed by atoms with Crippen LogP contribution in [0.1, 0.15) is 42.3 Å². The molecule has 4 heterocycles. The summed E-state index contributed by atoms with van der Waals surface area (Å²) >= 11 is 0. The standard InChI is InChI=1S/C20H23N5O/c1-24-9-6-13(7-10-24)25-20-17(12-22-25)16(11-19(26)23-20)14-3-2-4-18-15(14)5-8-21-18/h2-5,8,12-13,16,21H,6-7,9-11H2,1H3,(H,23,26). The van der Waals surface area contributed by atoms with Crippen LogP contribution in [0, 0.1) is 0 Å². The predicted octanol–water partition coefficient (Wildman–Crippen LogP) is 3.11. The Morgan fingerprint density at radius 3 is 2.85 bits per heavy atom. The number of rotatable bonds is 2. The Balaban J connectivity index is 1.57. The first-order chi connectivity index (χ1) is 12.7. The Kier molecular flexibility index (Phi) is 3.60. The third-order valence-electron chi connectivity index (χ3n) is 5.88. The van der Waals surface area contributed by atoms with Crippen molar-refractivity contribution in [1.82, 2.24) is 19.7 Å².